The summed E-state index contributed by atoms with van der Waals surface area (Å²) in [5.41, 5.74) is 4.41. The molecule has 6 rings (SSSR count). The number of thiazole rings is 1. The van der Waals surface area contributed by atoms with Crippen molar-refractivity contribution in [3.8, 4) is 5.75 Å². The summed E-state index contributed by atoms with van der Waals surface area (Å²) >= 11 is 1.36. The van der Waals surface area contributed by atoms with Crippen molar-refractivity contribution in [3.63, 3.8) is 0 Å². The molecule has 2 N–H and O–H groups in total. The number of hydrogen-bond donors (Lipinski definition) is 2. The molecule has 1 saturated carbocycles. The van der Waals surface area contributed by atoms with Gasteiger partial charge in [0.2, 0.25) is 5.91 Å². The molecule has 2 saturated heterocycles. The third kappa shape index (κ3) is 7.07. The van der Waals surface area contributed by atoms with Crippen LogP contribution in [0, 0.1) is 5.92 Å². The number of pyridine rings is 1. The van der Waals surface area contributed by atoms with Crippen molar-refractivity contribution in [3.05, 3.63) is 76.0 Å². The van der Waals surface area contributed by atoms with Gasteiger partial charge in [-0.1, -0.05) is 24.3 Å². The Morgan fingerprint density at radius 1 is 1.05 bits per heavy atom. The molecule has 1 aliphatic carbocycles. The first-order valence-corrected chi connectivity index (χ1v) is 15.9. The van der Waals surface area contributed by atoms with E-state index in [2.05, 4.69) is 32.7 Å². The molecule has 3 amide bonds. The summed E-state index contributed by atoms with van der Waals surface area (Å²) in [4.78, 5) is 60.2. The largest absolute Gasteiger partial charge is 0.482 e. The summed E-state index contributed by atoms with van der Waals surface area (Å²) in [5.74, 6) is -0.450. The lowest BCUT2D eigenvalue weighted by Gasteiger charge is -2.34. The van der Waals surface area contributed by atoms with Crippen molar-refractivity contribution in [1.82, 2.24) is 25.5 Å². The fraction of sp³-hybridized carbons (Fsp3) is 0.438. The van der Waals surface area contributed by atoms with Gasteiger partial charge in [-0.05, 0) is 61.8 Å². The molecule has 0 radical (unpaired) electrons. The van der Waals surface area contributed by atoms with Crippen molar-refractivity contribution >= 4 is 35.0 Å². The molecule has 230 valence electrons. The zero-order valence-corrected chi connectivity index (χ0v) is 25.3. The van der Waals surface area contributed by atoms with E-state index >= 15 is 0 Å². The molecule has 2 aromatic heterocycles. The number of cyclic esters (lactones) is 1. The molecule has 12 heteroatoms. The number of nitrogens with zero attached hydrogens (tertiary/aromatic N) is 3. The third-order valence-corrected chi connectivity index (χ3v) is 8.89. The molecule has 0 unspecified atom stereocenters. The highest BCUT2D eigenvalue weighted by Crippen LogP contribution is 2.40. The van der Waals surface area contributed by atoms with Crippen molar-refractivity contribution < 1.29 is 28.7 Å². The van der Waals surface area contributed by atoms with Crippen molar-refractivity contribution in [2.24, 2.45) is 5.92 Å². The Morgan fingerprint density at radius 3 is 2.52 bits per heavy atom. The number of ether oxygens (including phenoxy) is 2. The van der Waals surface area contributed by atoms with Gasteiger partial charge < -0.3 is 25.0 Å². The Bertz CT molecular complexity index is 1490. The zero-order chi connectivity index (χ0) is 30.6. The zero-order valence-electron chi connectivity index (χ0n) is 24.4. The lowest BCUT2D eigenvalue weighted by Crippen LogP contribution is -2.51. The van der Waals surface area contributed by atoms with Crippen LogP contribution in [0.4, 0.5) is 0 Å². The quantitative estimate of drug-likeness (QED) is 0.329. The van der Waals surface area contributed by atoms with Gasteiger partial charge in [0.15, 0.2) is 0 Å². The van der Waals surface area contributed by atoms with E-state index in [-0.39, 0.29) is 48.5 Å². The Morgan fingerprint density at radius 2 is 1.86 bits per heavy atom. The van der Waals surface area contributed by atoms with Gasteiger partial charge >= 0.3 is 5.97 Å². The predicted molar refractivity (Wildman–Crippen MR) is 161 cm³/mol. The van der Waals surface area contributed by atoms with Crippen LogP contribution in [0.2, 0.25) is 0 Å². The second-order valence-corrected chi connectivity index (χ2v) is 12.4. The van der Waals surface area contributed by atoms with Crippen LogP contribution >= 0.6 is 11.3 Å². The normalized spacial score (nSPS) is 21.2. The number of rotatable bonds is 10. The van der Waals surface area contributed by atoms with E-state index in [1.807, 2.05) is 19.1 Å². The number of nitrogens with one attached hydrogen (secondary N) is 2. The number of esters is 1. The number of hydrogen-bond acceptors (Lipinski definition) is 9. The van der Waals surface area contributed by atoms with E-state index in [0.717, 1.165) is 18.4 Å². The predicted octanol–water partition coefficient (Wildman–Crippen LogP) is 3.64. The SMILES string of the molecule is C[C@H](NC(=O)c1cscn1)[C@H](Oc1ccc(C(=O)N[C@H]2CCCN(C(=O)[C@H]3COC(=O)C3)C2)nc1)c1ccc(C2CC2)cc1. The summed E-state index contributed by atoms with van der Waals surface area (Å²) < 4.78 is 11.3. The summed E-state index contributed by atoms with van der Waals surface area (Å²) in [7, 11) is 0. The van der Waals surface area contributed by atoms with Gasteiger partial charge in [0.05, 0.1) is 30.1 Å². The van der Waals surface area contributed by atoms with Gasteiger partial charge in [-0.2, -0.15) is 0 Å². The van der Waals surface area contributed by atoms with Crippen LogP contribution in [0.15, 0.2) is 53.5 Å². The smallest absolute Gasteiger partial charge is 0.306 e. The second kappa shape index (κ2) is 13.1. The first kappa shape index (κ1) is 29.7. The molecular formula is C32H35N5O6S. The summed E-state index contributed by atoms with van der Waals surface area (Å²) in [6.45, 7) is 2.97. The van der Waals surface area contributed by atoms with Crippen LogP contribution in [0.5, 0.6) is 5.75 Å². The molecular weight excluding hydrogens is 582 g/mol. The highest BCUT2D eigenvalue weighted by atomic mass is 32.1. The van der Waals surface area contributed by atoms with Gasteiger partial charge in [-0.3, -0.25) is 19.2 Å². The van der Waals surface area contributed by atoms with Crippen LogP contribution in [0.1, 0.15) is 83.2 Å². The van der Waals surface area contributed by atoms with Crippen LogP contribution in [-0.4, -0.2) is 70.3 Å². The van der Waals surface area contributed by atoms with Crippen LogP contribution in [0.25, 0.3) is 0 Å². The van der Waals surface area contributed by atoms with Crippen molar-refractivity contribution in [1.29, 1.82) is 0 Å². The standard InChI is InChI=1S/C32H35N5O6S/c1-19(35-31(40)27-17-44-18-34-27)29(22-8-6-21(7-9-22)20-4-5-20)43-25-10-11-26(33-14-25)30(39)36-24-3-2-12-37(15-24)32(41)23-13-28(38)42-16-23/h6-11,14,17-20,23-24,29H,2-5,12-13,15-16H2,1H3,(H,35,40)(H,36,39)/t19-,23+,24-,29-/m0/s1. The molecule has 0 spiro atoms. The molecule has 0 bridgehead atoms. The van der Waals surface area contributed by atoms with E-state index in [1.54, 1.807) is 27.9 Å². The number of aromatic nitrogens is 2. The Balaban J connectivity index is 1.09. The highest BCUT2D eigenvalue weighted by molar-refractivity contribution is 7.07. The number of piperidine rings is 1. The molecule has 3 aliphatic rings. The summed E-state index contributed by atoms with van der Waals surface area (Å²) in [6, 6.07) is 11.0. The monoisotopic (exact) mass is 617 g/mol. The molecule has 4 atom stereocenters. The maximum atomic E-state index is 13.0. The van der Waals surface area contributed by atoms with Gasteiger partial charge in [0.1, 0.15) is 29.8 Å². The van der Waals surface area contributed by atoms with Gasteiger partial charge in [-0.25, -0.2) is 9.97 Å². The topological polar surface area (TPSA) is 140 Å². The highest BCUT2D eigenvalue weighted by Gasteiger charge is 2.35. The Hall–Kier alpha value is -4.32. The maximum absolute atomic E-state index is 13.0. The number of amides is 3. The van der Waals surface area contributed by atoms with Crippen LogP contribution < -0.4 is 15.4 Å². The average molecular weight is 618 g/mol. The van der Waals surface area contributed by atoms with E-state index in [4.69, 9.17) is 9.47 Å². The third-order valence-electron chi connectivity index (χ3n) is 8.30. The lowest BCUT2D eigenvalue weighted by molar-refractivity contribution is -0.138. The number of benzene rings is 1. The molecule has 11 nitrogen and oxygen atoms in total. The van der Waals surface area contributed by atoms with E-state index < -0.39 is 18.1 Å². The van der Waals surface area contributed by atoms with E-state index in [9.17, 15) is 19.2 Å². The van der Waals surface area contributed by atoms with Crippen LogP contribution in [0.3, 0.4) is 0 Å². The first-order valence-electron chi connectivity index (χ1n) is 15.0. The fourth-order valence-corrected chi connectivity index (χ4v) is 6.26. The number of likely N-dealkylation sites (tertiary alicyclic amines) is 1. The summed E-state index contributed by atoms with van der Waals surface area (Å²) in [6.07, 6.45) is 5.00. The molecule has 44 heavy (non-hydrogen) atoms. The van der Waals surface area contributed by atoms with Crippen molar-refractivity contribution in [2.45, 2.75) is 63.1 Å². The lowest BCUT2D eigenvalue weighted by atomic mass is 10.00. The van der Waals surface area contributed by atoms with Gasteiger partial charge in [0.25, 0.3) is 11.8 Å². The van der Waals surface area contributed by atoms with Gasteiger partial charge in [0, 0.05) is 24.5 Å². The molecule has 3 aromatic rings. The molecule has 4 heterocycles. The van der Waals surface area contributed by atoms with Crippen LogP contribution in [-0.2, 0) is 14.3 Å². The molecule has 1 aromatic carbocycles. The fourth-order valence-electron chi connectivity index (χ4n) is 5.73. The Kier molecular flexibility index (Phi) is 8.87. The Labute approximate surface area is 259 Å². The minimum Gasteiger partial charge on any atom is -0.482 e. The average Bonchev–Trinajstić information content (AvgIpc) is 3.55. The van der Waals surface area contributed by atoms with E-state index in [0.29, 0.717) is 30.5 Å². The first-order chi connectivity index (χ1) is 21.3. The van der Waals surface area contributed by atoms with Gasteiger partial charge in [-0.15, -0.1) is 11.3 Å². The van der Waals surface area contributed by atoms with E-state index in [1.165, 1.54) is 35.9 Å². The number of carbonyl (C=O) groups is 4. The molecule has 3 fully saturated rings. The van der Waals surface area contributed by atoms with Crippen molar-refractivity contribution in [2.75, 3.05) is 19.7 Å². The minimum atomic E-state index is -0.515. The maximum Gasteiger partial charge on any atom is 0.306 e. The molecule has 2 aliphatic heterocycles. The second-order valence-electron chi connectivity index (χ2n) is 11.7. The minimum absolute atomic E-state index is 0.105. The number of carbonyl (C=O) groups excluding carboxylic acids is 4. The summed E-state index contributed by atoms with van der Waals surface area (Å²) in [5, 5.41) is 7.69.